The molecular formula is C14H19NO5S. The lowest BCUT2D eigenvalue weighted by Crippen LogP contribution is -2.48. The van der Waals surface area contributed by atoms with Crippen LogP contribution < -0.4 is 9.46 Å². The van der Waals surface area contributed by atoms with Gasteiger partial charge >= 0.3 is 5.97 Å². The van der Waals surface area contributed by atoms with Crippen LogP contribution in [0.5, 0.6) is 5.75 Å². The summed E-state index contributed by atoms with van der Waals surface area (Å²) in [5, 5.41) is 8.93. The van der Waals surface area contributed by atoms with E-state index in [4.69, 9.17) is 9.84 Å². The molecule has 1 aromatic carbocycles. The maximum atomic E-state index is 12.4. The van der Waals surface area contributed by atoms with Crippen LogP contribution in [-0.4, -0.2) is 32.6 Å². The smallest absolute Gasteiger partial charge is 0.335 e. The number of benzene rings is 1. The molecule has 21 heavy (non-hydrogen) atoms. The van der Waals surface area contributed by atoms with Gasteiger partial charge in [0.15, 0.2) is 0 Å². The van der Waals surface area contributed by atoms with E-state index in [1.807, 2.05) is 0 Å². The fourth-order valence-corrected chi connectivity index (χ4v) is 4.05. The minimum atomic E-state index is -3.72. The Morgan fingerprint density at radius 2 is 2.00 bits per heavy atom. The van der Waals surface area contributed by atoms with E-state index in [-0.39, 0.29) is 27.7 Å². The summed E-state index contributed by atoms with van der Waals surface area (Å²) in [5.41, 5.74) is 0.139. The third-order valence-corrected chi connectivity index (χ3v) is 5.18. The third kappa shape index (κ3) is 3.36. The van der Waals surface area contributed by atoms with Crippen LogP contribution in [0.2, 0.25) is 0 Å². The number of aromatic carboxylic acids is 1. The molecule has 2 N–H and O–H groups in total. The molecule has 6 nitrogen and oxygen atoms in total. The highest BCUT2D eigenvalue weighted by Crippen LogP contribution is 2.40. The van der Waals surface area contributed by atoms with Crippen LogP contribution in [0.25, 0.3) is 0 Å². The molecule has 2 rings (SSSR count). The molecule has 116 valence electrons. The number of rotatable bonds is 5. The third-order valence-electron chi connectivity index (χ3n) is 3.62. The fourth-order valence-electron chi connectivity index (χ4n) is 2.66. The lowest BCUT2D eigenvalue weighted by Gasteiger charge is -2.42. The van der Waals surface area contributed by atoms with Crippen molar-refractivity contribution in [2.24, 2.45) is 5.41 Å². The zero-order valence-electron chi connectivity index (χ0n) is 12.2. The Hall–Kier alpha value is -1.60. The van der Waals surface area contributed by atoms with Crippen LogP contribution in [0.1, 0.15) is 37.0 Å². The quantitative estimate of drug-likeness (QED) is 0.865. The van der Waals surface area contributed by atoms with Crippen molar-refractivity contribution in [1.82, 2.24) is 4.72 Å². The summed E-state index contributed by atoms with van der Waals surface area (Å²) in [6.45, 7) is 4.17. The Balaban J connectivity index is 2.26. The summed E-state index contributed by atoms with van der Waals surface area (Å²) in [6, 6.07) is 3.63. The van der Waals surface area contributed by atoms with Crippen LogP contribution in [-0.2, 0) is 10.0 Å². The zero-order valence-corrected chi connectivity index (χ0v) is 13.0. The van der Waals surface area contributed by atoms with E-state index < -0.39 is 16.0 Å². The summed E-state index contributed by atoms with van der Waals surface area (Å²) >= 11 is 0. The summed E-state index contributed by atoms with van der Waals surface area (Å²) in [4.78, 5) is 10.9. The standard InChI is InChI=1S/C14H19NO5S/c1-14(2)7-10(8-14)15-21(18,19)12-5-4-9(13(16)17)6-11(12)20-3/h4-6,10,15H,7-8H2,1-3H3,(H,16,17). The molecule has 1 saturated carbocycles. The Morgan fingerprint density at radius 1 is 1.38 bits per heavy atom. The van der Waals surface area contributed by atoms with Crippen molar-refractivity contribution >= 4 is 16.0 Å². The molecule has 0 radical (unpaired) electrons. The van der Waals surface area contributed by atoms with Crippen LogP contribution in [0, 0.1) is 5.41 Å². The van der Waals surface area contributed by atoms with Gasteiger partial charge in [-0.1, -0.05) is 13.8 Å². The Bertz CT molecular complexity index is 658. The molecule has 1 aromatic rings. The topological polar surface area (TPSA) is 92.7 Å². The predicted octanol–water partition coefficient (Wildman–Crippen LogP) is 1.86. The van der Waals surface area contributed by atoms with E-state index in [1.54, 1.807) is 0 Å². The van der Waals surface area contributed by atoms with Gasteiger partial charge in [-0.15, -0.1) is 0 Å². The molecule has 0 aliphatic heterocycles. The fraction of sp³-hybridized carbons (Fsp3) is 0.500. The van der Waals surface area contributed by atoms with Gasteiger partial charge < -0.3 is 9.84 Å². The van der Waals surface area contributed by atoms with E-state index >= 15 is 0 Å². The first-order valence-corrected chi connectivity index (χ1v) is 8.07. The Morgan fingerprint density at radius 3 is 2.48 bits per heavy atom. The highest BCUT2D eigenvalue weighted by Gasteiger charge is 2.38. The van der Waals surface area contributed by atoms with E-state index in [0.717, 1.165) is 12.8 Å². The van der Waals surface area contributed by atoms with Crippen molar-refractivity contribution in [2.75, 3.05) is 7.11 Å². The lowest BCUT2D eigenvalue weighted by molar-refractivity contribution is 0.0696. The van der Waals surface area contributed by atoms with E-state index in [2.05, 4.69) is 18.6 Å². The molecule has 0 aromatic heterocycles. The van der Waals surface area contributed by atoms with Crippen molar-refractivity contribution in [2.45, 2.75) is 37.6 Å². The highest BCUT2D eigenvalue weighted by atomic mass is 32.2. The van der Waals surface area contributed by atoms with Crippen molar-refractivity contribution in [3.63, 3.8) is 0 Å². The number of sulfonamides is 1. The van der Waals surface area contributed by atoms with Gasteiger partial charge in [-0.2, -0.15) is 0 Å². The van der Waals surface area contributed by atoms with Crippen molar-refractivity contribution in [3.05, 3.63) is 23.8 Å². The minimum Gasteiger partial charge on any atom is -0.495 e. The molecule has 7 heteroatoms. The van der Waals surface area contributed by atoms with Gasteiger partial charge in [0.2, 0.25) is 10.0 Å². The SMILES string of the molecule is COc1cc(C(=O)O)ccc1S(=O)(=O)NC1CC(C)(C)C1. The molecule has 0 bridgehead atoms. The average molecular weight is 313 g/mol. The van der Waals surface area contributed by atoms with Gasteiger partial charge in [-0.3, -0.25) is 0 Å². The first kappa shape index (κ1) is 15.8. The number of ether oxygens (including phenoxy) is 1. The van der Waals surface area contributed by atoms with E-state index in [0.29, 0.717) is 0 Å². The second-order valence-electron chi connectivity index (χ2n) is 6.06. The molecule has 0 atom stereocenters. The monoisotopic (exact) mass is 313 g/mol. The molecule has 1 aliphatic rings. The first-order chi connectivity index (χ1) is 9.64. The van der Waals surface area contributed by atoms with Gasteiger partial charge in [0.05, 0.1) is 12.7 Å². The van der Waals surface area contributed by atoms with Gasteiger partial charge in [0, 0.05) is 6.04 Å². The largest absolute Gasteiger partial charge is 0.495 e. The predicted molar refractivity (Wildman–Crippen MR) is 77.1 cm³/mol. The van der Waals surface area contributed by atoms with E-state index in [1.165, 1.54) is 25.3 Å². The number of carboxylic acid groups (broad SMARTS) is 1. The zero-order chi connectivity index (χ0) is 15.8. The highest BCUT2D eigenvalue weighted by molar-refractivity contribution is 7.89. The summed E-state index contributed by atoms with van der Waals surface area (Å²) < 4.78 is 32.4. The lowest BCUT2D eigenvalue weighted by atomic mass is 9.69. The van der Waals surface area contributed by atoms with E-state index in [9.17, 15) is 13.2 Å². The molecule has 0 heterocycles. The number of nitrogens with one attached hydrogen (secondary N) is 1. The second-order valence-corrected chi connectivity index (χ2v) is 7.74. The second kappa shape index (κ2) is 5.31. The van der Waals surface area contributed by atoms with Crippen LogP contribution in [0.4, 0.5) is 0 Å². The molecule has 0 amide bonds. The number of hydrogen-bond acceptors (Lipinski definition) is 4. The minimum absolute atomic E-state index is 0.0180. The molecule has 0 unspecified atom stereocenters. The van der Waals surface area contributed by atoms with Gasteiger partial charge in [0.1, 0.15) is 10.6 Å². The number of carboxylic acids is 1. The van der Waals surface area contributed by atoms with Gasteiger partial charge in [-0.25, -0.2) is 17.9 Å². The number of hydrogen-bond donors (Lipinski definition) is 2. The van der Waals surface area contributed by atoms with Gasteiger partial charge in [-0.05, 0) is 36.5 Å². The normalized spacial score (nSPS) is 18.0. The first-order valence-electron chi connectivity index (χ1n) is 6.58. The molecule has 0 spiro atoms. The molecule has 0 saturated heterocycles. The summed E-state index contributed by atoms with van der Waals surface area (Å²) in [6.07, 6.45) is 1.56. The van der Waals surface area contributed by atoms with Crippen molar-refractivity contribution < 1.29 is 23.1 Å². The number of methoxy groups -OCH3 is 1. The summed E-state index contributed by atoms with van der Waals surface area (Å²) in [7, 11) is -2.41. The Labute approximate surface area is 124 Å². The molecule has 1 aliphatic carbocycles. The molecule has 1 fully saturated rings. The molecular weight excluding hydrogens is 294 g/mol. The average Bonchev–Trinajstić information content (AvgIpc) is 2.35. The van der Waals surface area contributed by atoms with Gasteiger partial charge in [0.25, 0.3) is 0 Å². The van der Waals surface area contributed by atoms with Crippen LogP contribution in [0.3, 0.4) is 0 Å². The maximum Gasteiger partial charge on any atom is 0.335 e. The summed E-state index contributed by atoms with van der Waals surface area (Å²) in [5.74, 6) is -1.10. The van der Waals surface area contributed by atoms with Crippen molar-refractivity contribution in [3.8, 4) is 5.75 Å². The Kier molecular flexibility index (Phi) is 3.99. The maximum absolute atomic E-state index is 12.4. The van der Waals surface area contributed by atoms with Crippen LogP contribution >= 0.6 is 0 Å². The van der Waals surface area contributed by atoms with Crippen LogP contribution in [0.15, 0.2) is 23.1 Å². The number of carbonyl (C=O) groups is 1. The van der Waals surface area contributed by atoms with Crippen molar-refractivity contribution in [1.29, 1.82) is 0 Å².